The van der Waals surface area contributed by atoms with Crippen molar-refractivity contribution in [2.75, 3.05) is 31.8 Å². The second kappa shape index (κ2) is 4.55. The molecule has 2 saturated heterocycles. The number of carbonyl (C=O) groups is 1. The third-order valence-corrected chi connectivity index (χ3v) is 5.06. The summed E-state index contributed by atoms with van der Waals surface area (Å²) in [5.41, 5.74) is -0.386. The van der Waals surface area contributed by atoms with Crippen molar-refractivity contribution < 1.29 is 22.7 Å². The van der Waals surface area contributed by atoms with Crippen molar-refractivity contribution in [3.8, 4) is 0 Å². The molecule has 0 aliphatic carbocycles. The molecule has 2 rings (SSSR count). The van der Waals surface area contributed by atoms with E-state index in [0.717, 1.165) is 0 Å². The fourth-order valence-electron chi connectivity index (χ4n) is 2.31. The molecule has 0 bridgehead atoms. The van der Waals surface area contributed by atoms with Crippen molar-refractivity contribution in [1.82, 2.24) is 5.32 Å². The van der Waals surface area contributed by atoms with Crippen LogP contribution in [0.25, 0.3) is 0 Å². The van der Waals surface area contributed by atoms with E-state index in [9.17, 15) is 13.2 Å². The Morgan fingerprint density at radius 2 is 2.06 bits per heavy atom. The van der Waals surface area contributed by atoms with Crippen molar-refractivity contribution in [3.05, 3.63) is 0 Å². The normalized spacial score (nSPS) is 31.0. The number of hydrogen-bond acceptors (Lipinski definition) is 6. The quantitative estimate of drug-likeness (QED) is 0.617. The van der Waals surface area contributed by atoms with Gasteiger partial charge in [-0.15, -0.1) is 0 Å². The highest BCUT2D eigenvalue weighted by atomic mass is 32.2. The molecule has 2 fully saturated rings. The molecule has 0 aromatic carbocycles. The summed E-state index contributed by atoms with van der Waals surface area (Å²) in [6, 6.07) is -0.491. The topological polar surface area (TPSA) is 81.7 Å². The lowest BCUT2D eigenvalue weighted by atomic mass is 9.91. The van der Waals surface area contributed by atoms with E-state index >= 15 is 0 Å². The fraction of sp³-hybridized carbons (Fsp3) is 0.900. The van der Waals surface area contributed by atoms with Crippen molar-refractivity contribution in [3.63, 3.8) is 0 Å². The molecule has 1 unspecified atom stereocenters. The summed E-state index contributed by atoms with van der Waals surface area (Å²) in [5, 5.41) is 3.19. The molecule has 1 N–H and O–H groups in total. The molecule has 2 aliphatic heterocycles. The van der Waals surface area contributed by atoms with Gasteiger partial charge in [-0.1, -0.05) is 0 Å². The minimum atomic E-state index is -2.91. The number of carbonyl (C=O) groups excluding carboxylic acids is 1. The number of sulfone groups is 1. The van der Waals surface area contributed by atoms with Gasteiger partial charge in [0.15, 0.2) is 0 Å². The van der Waals surface area contributed by atoms with Gasteiger partial charge in [0.25, 0.3) is 0 Å². The Hall–Kier alpha value is -0.660. The summed E-state index contributed by atoms with van der Waals surface area (Å²) in [4.78, 5) is 11.4. The smallest absolute Gasteiger partial charge is 0.325 e. The minimum Gasteiger partial charge on any atom is -0.468 e. The van der Waals surface area contributed by atoms with E-state index in [-0.39, 0.29) is 29.6 Å². The molecule has 0 saturated carbocycles. The Balaban J connectivity index is 2.04. The van der Waals surface area contributed by atoms with Gasteiger partial charge in [-0.05, 0) is 12.8 Å². The third-order valence-electron chi connectivity index (χ3n) is 3.41. The minimum absolute atomic E-state index is 0.150. The summed E-state index contributed by atoms with van der Waals surface area (Å²) in [6.45, 7) is 0.733. The lowest BCUT2D eigenvalue weighted by molar-refractivity contribution is -0.149. The van der Waals surface area contributed by atoms with Crippen LogP contribution in [0.3, 0.4) is 0 Å². The summed E-state index contributed by atoms with van der Waals surface area (Å²) in [6.07, 6.45) is 0.978. The van der Waals surface area contributed by atoms with E-state index in [2.05, 4.69) is 10.1 Å². The van der Waals surface area contributed by atoms with Crippen molar-refractivity contribution in [2.24, 2.45) is 0 Å². The molecule has 17 heavy (non-hydrogen) atoms. The van der Waals surface area contributed by atoms with Crippen LogP contribution in [0, 0.1) is 0 Å². The molecule has 6 nitrogen and oxygen atoms in total. The van der Waals surface area contributed by atoms with Crippen LogP contribution in [-0.4, -0.2) is 57.8 Å². The number of morpholine rings is 1. The zero-order valence-electron chi connectivity index (χ0n) is 9.77. The largest absolute Gasteiger partial charge is 0.468 e. The Bertz CT molecular complexity index is 391. The first-order valence-electron chi connectivity index (χ1n) is 5.60. The molecule has 7 heteroatoms. The SMILES string of the molecule is COC(=O)C1COCC2(CCS(=O)(=O)CC2)N1. The maximum Gasteiger partial charge on any atom is 0.325 e. The highest BCUT2D eigenvalue weighted by molar-refractivity contribution is 7.91. The number of nitrogens with one attached hydrogen (secondary N) is 1. The Kier molecular flexibility index (Phi) is 3.42. The molecule has 98 valence electrons. The number of esters is 1. The van der Waals surface area contributed by atoms with Crippen molar-refractivity contribution in [2.45, 2.75) is 24.4 Å². The van der Waals surface area contributed by atoms with Gasteiger partial charge in [0.1, 0.15) is 15.9 Å². The summed E-state index contributed by atoms with van der Waals surface area (Å²) < 4.78 is 32.8. The molecule has 2 aliphatic rings. The Labute approximate surface area is 101 Å². The van der Waals surface area contributed by atoms with Gasteiger partial charge in [0.2, 0.25) is 0 Å². The molecule has 0 aromatic rings. The fourth-order valence-corrected chi connectivity index (χ4v) is 3.92. The van der Waals surface area contributed by atoms with E-state index in [1.807, 2.05) is 0 Å². The molecule has 0 aromatic heterocycles. The Morgan fingerprint density at radius 1 is 1.41 bits per heavy atom. The zero-order valence-corrected chi connectivity index (χ0v) is 10.6. The molecule has 2 heterocycles. The van der Waals surface area contributed by atoms with Crippen LogP contribution in [0.15, 0.2) is 0 Å². The highest BCUT2D eigenvalue weighted by Gasteiger charge is 2.43. The predicted octanol–water partition coefficient (Wildman–Crippen LogP) is -0.905. The van der Waals surface area contributed by atoms with Gasteiger partial charge in [-0.2, -0.15) is 0 Å². The van der Waals surface area contributed by atoms with Crippen LogP contribution in [0.1, 0.15) is 12.8 Å². The maximum atomic E-state index is 11.4. The average Bonchev–Trinajstić information content (AvgIpc) is 2.33. The van der Waals surface area contributed by atoms with Gasteiger partial charge in [0.05, 0.1) is 31.8 Å². The van der Waals surface area contributed by atoms with Crippen molar-refractivity contribution >= 4 is 15.8 Å². The first-order chi connectivity index (χ1) is 7.96. The van der Waals surface area contributed by atoms with Gasteiger partial charge >= 0.3 is 5.97 Å². The van der Waals surface area contributed by atoms with Crippen LogP contribution in [0.4, 0.5) is 0 Å². The molecular formula is C10H17NO5S. The molecule has 0 radical (unpaired) electrons. The summed E-state index contributed by atoms with van der Waals surface area (Å²) in [7, 11) is -1.58. The molecule has 1 spiro atoms. The Morgan fingerprint density at radius 3 is 2.65 bits per heavy atom. The number of rotatable bonds is 1. The van der Waals surface area contributed by atoms with Crippen molar-refractivity contribution in [1.29, 1.82) is 0 Å². The number of methoxy groups -OCH3 is 1. The van der Waals surface area contributed by atoms with Gasteiger partial charge < -0.3 is 9.47 Å². The van der Waals surface area contributed by atoms with E-state index < -0.39 is 15.9 Å². The lowest BCUT2D eigenvalue weighted by Crippen LogP contribution is -2.64. The van der Waals surface area contributed by atoms with Gasteiger partial charge in [-0.3, -0.25) is 10.1 Å². The second-order valence-corrected chi connectivity index (χ2v) is 6.97. The highest BCUT2D eigenvalue weighted by Crippen LogP contribution is 2.27. The summed E-state index contributed by atoms with van der Waals surface area (Å²) >= 11 is 0. The van der Waals surface area contributed by atoms with Crippen LogP contribution >= 0.6 is 0 Å². The molecule has 1 atom stereocenters. The average molecular weight is 263 g/mol. The lowest BCUT2D eigenvalue weighted by Gasteiger charge is -2.43. The van der Waals surface area contributed by atoms with E-state index in [1.165, 1.54) is 7.11 Å². The standard InChI is InChI=1S/C10H17NO5S/c1-15-9(12)8-6-16-7-10(11-8)2-4-17(13,14)5-3-10/h8,11H,2-7H2,1H3. The monoisotopic (exact) mass is 263 g/mol. The first-order valence-corrected chi connectivity index (χ1v) is 7.42. The summed E-state index contributed by atoms with van der Waals surface area (Å²) in [5.74, 6) is -0.0633. The van der Waals surface area contributed by atoms with E-state index in [4.69, 9.17) is 4.74 Å². The molecule has 0 amide bonds. The van der Waals surface area contributed by atoms with Crippen LogP contribution in [0.5, 0.6) is 0 Å². The van der Waals surface area contributed by atoms with Gasteiger partial charge in [-0.25, -0.2) is 8.42 Å². The maximum absolute atomic E-state index is 11.4. The van der Waals surface area contributed by atoms with Gasteiger partial charge in [0, 0.05) is 5.54 Å². The van der Waals surface area contributed by atoms with Crippen LogP contribution < -0.4 is 5.32 Å². The molecular weight excluding hydrogens is 246 g/mol. The third kappa shape index (κ3) is 2.78. The number of ether oxygens (including phenoxy) is 2. The van der Waals surface area contributed by atoms with Crippen LogP contribution in [-0.2, 0) is 24.1 Å². The van der Waals surface area contributed by atoms with E-state index in [1.54, 1.807) is 0 Å². The first kappa shape index (κ1) is 12.8. The van der Waals surface area contributed by atoms with Crippen LogP contribution in [0.2, 0.25) is 0 Å². The zero-order chi connectivity index (χ0) is 12.5. The predicted molar refractivity (Wildman–Crippen MR) is 60.4 cm³/mol. The number of hydrogen-bond donors (Lipinski definition) is 1. The second-order valence-electron chi connectivity index (χ2n) is 4.67. The van der Waals surface area contributed by atoms with E-state index in [0.29, 0.717) is 19.4 Å².